The summed E-state index contributed by atoms with van der Waals surface area (Å²) in [6.45, 7) is 0. The van der Waals surface area contributed by atoms with Gasteiger partial charge in [-0.3, -0.25) is 0 Å². The molecule has 4 heteroatoms. The van der Waals surface area contributed by atoms with Crippen LogP contribution >= 0.6 is 0 Å². The Hall–Kier alpha value is -2.75. The third-order valence-electron chi connectivity index (χ3n) is 3.32. The summed E-state index contributed by atoms with van der Waals surface area (Å²) in [5.74, 6) is 1.53. The van der Waals surface area contributed by atoms with Crippen LogP contribution in [0.2, 0.25) is 0 Å². The van der Waals surface area contributed by atoms with Crippen LogP contribution in [0.25, 0.3) is 11.6 Å². The first-order chi connectivity index (χ1) is 10.2. The van der Waals surface area contributed by atoms with Gasteiger partial charge < -0.3 is 14.2 Å². The van der Waals surface area contributed by atoms with Crippen molar-refractivity contribution in [1.29, 1.82) is 0 Å². The summed E-state index contributed by atoms with van der Waals surface area (Å²) < 4.78 is 16.0. The highest BCUT2D eigenvalue weighted by molar-refractivity contribution is 6.22. The highest BCUT2D eigenvalue weighted by atomic mass is 16.5. The number of ether oxygens (including phenoxy) is 3. The molecule has 0 amide bonds. The van der Waals surface area contributed by atoms with E-state index < -0.39 is 5.97 Å². The molecule has 21 heavy (non-hydrogen) atoms. The number of fused-ring (bicyclic) bond motifs is 2. The van der Waals surface area contributed by atoms with Crippen molar-refractivity contribution >= 4 is 17.6 Å². The molecule has 3 rings (SSSR count). The van der Waals surface area contributed by atoms with E-state index >= 15 is 0 Å². The second-order valence-corrected chi connectivity index (χ2v) is 4.55. The summed E-state index contributed by atoms with van der Waals surface area (Å²) in [6, 6.07) is 12.9. The number of methoxy groups -OCH3 is 2. The zero-order chi connectivity index (χ0) is 14.8. The monoisotopic (exact) mass is 282 g/mol. The van der Waals surface area contributed by atoms with Crippen LogP contribution in [-0.4, -0.2) is 20.2 Å². The van der Waals surface area contributed by atoms with Gasteiger partial charge in [0, 0.05) is 11.1 Å². The van der Waals surface area contributed by atoms with Crippen molar-refractivity contribution in [1.82, 2.24) is 0 Å². The molecule has 0 radical (unpaired) electrons. The highest BCUT2D eigenvalue weighted by Gasteiger charge is 2.22. The maximum atomic E-state index is 12.1. The van der Waals surface area contributed by atoms with Crippen LogP contribution in [0.5, 0.6) is 17.2 Å². The van der Waals surface area contributed by atoms with E-state index in [1.165, 1.54) is 7.11 Å². The quantitative estimate of drug-likeness (QED) is 0.791. The number of carbonyl (C=O) groups excluding carboxylic acids is 1. The zero-order valence-electron chi connectivity index (χ0n) is 11.8. The van der Waals surface area contributed by atoms with Crippen molar-refractivity contribution in [2.24, 2.45) is 0 Å². The van der Waals surface area contributed by atoms with Crippen molar-refractivity contribution in [3.8, 4) is 17.2 Å². The van der Waals surface area contributed by atoms with E-state index in [4.69, 9.17) is 14.2 Å². The van der Waals surface area contributed by atoms with Crippen molar-refractivity contribution in [2.45, 2.75) is 0 Å². The predicted molar refractivity (Wildman–Crippen MR) is 79.4 cm³/mol. The van der Waals surface area contributed by atoms with Crippen molar-refractivity contribution in [3.05, 3.63) is 53.6 Å². The number of rotatable bonds is 2. The van der Waals surface area contributed by atoms with Crippen LogP contribution in [0.15, 0.2) is 42.5 Å². The third kappa shape index (κ3) is 2.36. The summed E-state index contributed by atoms with van der Waals surface area (Å²) in [7, 11) is 2.94. The Morgan fingerprint density at radius 1 is 1.05 bits per heavy atom. The average Bonchev–Trinajstić information content (AvgIpc) is 2.69. The minimum Gasteiger partial charge on any atom is -0.497 e. The van der Waals surface area contributed by atoms with E-state index in [0.717, 1.165) is 5.56 Å². The smallest absolute Gasteiger partial charge is 0.338 e. The molecule has 0 fully saturated rings. The molecule has 4 nitrogen and oxygen atoms in total. The summed E-state index contributed by atoms with van der Waals surface area (Å²) in [4.78, 5) is 12.1. The van der Waals surface area contributed by atoms with Crippen molar-refractivity contribution in [2.75, 3.05) is 14.2 Å². The van der Waals surface area contributed by atoms with E-state index in [2.05, 4.69) is 0 Å². The molecule has 2 aromatic carbocycles. The highest BCUT2D eigenvalue weighted by Crippen LogP contribution is 2.39. The normalized spacial score (nSPS) is 12.2. The summed E-state index contributed by atoms with van der Waals surface area (Å²) in [6.07, 6.45) is 1.77. The lowest BCUT2D eigenvalue weighted by molar-refractivity contribution is -0.133. The maximum absolute atomic E-state index is 12.1. The molecule has 0 bridgehead atoms. The first kappa shape index (κ1) is 13.2. The molecule has 0 spiro atoms. The average molecular weight is 282 g/mol. The standard InChI is InChI=1S/C17H14O4/c1-19-12-7-8-16-13(10-12)14(17(18)20-2)9-11-5-3-4-6-15(11)21-16/h3-10H,1-2H3. The number of carbonyl (C=O) groups is 1. The van der Waals surface area contributed by atoms with Crippen LogP contribution in [-0.2, 0) is 9.53 Å². The van der Waals surface area contributed by atoms with Gasteiger partial charge in [0.2, 0.25) is 0 Å². The molecule has 1 heterocycles. The first-order valence-corrected chi connectivity index (χ1v) is 6.48. The fourth-order valence-corrected chi connectivity index (χ4v) is 2.26. The molecular weight excluding hydrogens is 268 g/mol. The van der Waals surface area contributed by atoms with Gasteiger partial charge in [-0.1, -0.05) is 18.2 Å². The lowest BCUT2D eigenvalue weighted by Crippen LogP contribution is -2.04. The van der Waals surface area contributed by atoms with Gasteiger partial charge in [-0.05, 0) is 30.3 Å². The van der Waals surface area contributed by atoms with Gasteiger partial charge in [0.05, 0.1) is 19.8 Å². The molecule has 0 aromatic heterocycles. The van der Waals surface area contributed by atoms with Gasteiger partial charge in [-0.15, -0.1) is 0 Å². The largest absolute Gasteiger partial charge is 0.497 e. The lowest BCUT2D eigenvalue weighted by atomic mass is 10.0. The minimum absolute atomic E-state index is 0.412. The molecule has 0 saturated carbocycles. The number of hydrogen-bond donors (Lipinski definition) is 0. The molecule has 0 unspecified atom stereocenters. The molecule has 0 N–H and O–H groups in total. The summed E-state index contributed by atoms with van der Waals surface area (Å²) in [5, 5.41) is 0. The maximum Gasteiger partial charge on any atom is 0.338 e. The van der Waals surface area contributed by atoms with Gasteiger partial charge in [0.1, 0.15) is 17.2 Å². The zero-order valence-corrected chi connectivity index (χ0v) is 11.8. The summed E-state index contributed by atoms with van der Waals surface area (Å²) >= 11 is 0. The summed E-state index contributed by atoms with van der Waals surface area (Å²) in [5.41, 5.74) is 1.92. The van der Waals surface area contributed by atoms with Gasteiger partial charge in [-0.2, -0.15) is 0 Å². The Labute approximate surface area is 122 Å². The molecule has 1 aliphatic rings. The predicted octanol–water partition coefficient (Wildman–Crippen LogP) is 3.51. The van der Waals surface area contributed by atoms with E-state index in [1.54, 1.807) is 31.4 Å². The number of esters is 1. The van der Waals surface area contributed by atoms with Crippen LogP contribution in [0.1, 0.15) is 11.1 Å². The van der Waals surface area contributed by atoms with E-state index in [9.17, 15) is 4.79 Å². The van der Waals surface area contributed by atoms with E-state index in [-0.39, 0.29) is 0 Å². The molecule has 1 aliphatic heterocycles. The van der Waals surface area contributed by atoms with E-state index in [1.807, 2.05) is 24.3 Å². The SMILES string of the molecule is COC(=O)C1=Cc2ccccc2Oc2ccc(OC)cc21. The molecule has 106 valence electrons. The molecule has 0 aliphatic carbocycles. The van der Waals surface area contributed by atoms with Gasteiger partial charge in [0.15, 0.2) is 0 Å². The first-order valence-electron chi connectivity index (χ1n) is 6.48. The second-order valence-electron chi connectivity index (χ2n) is 4.55. The Kier molecular flexibility index (Phi) is 3.36. The fourth-order valence-electron chi connectivity index (χ4n) is 2.26. The second kappa shape index (κ2) is 5.32. The molecule has 0 atom stereocenters. The Bertz CT molecular complexity index is 731. The van der Waals surface area contributed by atoms with Gasteiger partial charge in [0.25, 0.3) is 0 Å². The number of benzene rings is 2. The van der Waals surface area contributed by atoms with Crippen molar-refractivity contribution < 1.29 is 19.0 Å². The van der Waals surface area contributed by atoms with Crippen molar-refractivity contribution in [3.63, 3.8) is 0 Å². The molecule has 0 saturated heterocycles. The molecule has 2 aromatic rings. The Balaban J connectivity index is 2.24. The Morgan fingerprint density at radius 2 is 1.86 bits per heavy atom. The van der Waals surface area contributed by atoms with Gasteiger partial charge >= 0.3 is 5.97 Å². The Morgan fingerprint density at radius 3 is 2.62 bits per heavy atom. The van der Waals surface area contributed by atoms with Crippen LogP contribution in [0.4, 0.5) is 0 Å². The minimum atomic E-state index is -0.412. The third-order valence-corrected chi connectivity index (χ3v) is 3.32. The number of para-hydroxylation sites is 1. The molecular formula is C17H14O4. The van der Waals surface area contributed by atoms with Crippen LogP contribution < -0.4 is 9.47 Å². The fraction of sp³-hybridized carbons (Fsp3) is 0.118. The number of hydrogen-bond acceptors (Lipinski definition) is 4. The topological polar surface area (TPSA) is 44.8 Å². The van der Waals surface area contributed by atoms with Gasteiger partial charge in [-0.25, -0.2) is 4.79 Å². The van der Waals surface area contributed by atoms with Crippen LogP contribution in [0.3, 0.4) is 0 Å². The van der Waals surface area contributed by atoms with E-state index in [0.29, 0.717) is 28.4 Å². The lowest BCUT2D eigenvalue weighted by Gasteiger charge is -2.11. The van der Waals surface area contributed by atoms with Crippen LogP contribution in [0, 0.1) is 0 Å².